The number of thioether (sulfide) groups is 1. The highest BCUT2D eigenvalue weighted by atomic mass is 32.2. The van der Waals surface area contributed by atoms with E-state index >= 15 is 0 Å². The summed E-state index contributed by atoms with van der Waals surface area (Å²) in [5, 5.41) is 19.9. The Bertz CT molecular complexity index is 1590. The number of benzene rings is 3. The van der Waals surface area contributed by atoms with Gasteiger partial charge in [0.25, 0.3) is 5.78 Å². The lowest BCUT2D eigenvalue weighted by Gasteiger charge is -2.22. The Morgan fingerprint density at radius 1 is 1.07 bits per heavy atom. The zero-order valence-electron chi connectivity index (χ0n) is 22.5. The number of hydrogen-bond donors (Lipinski definition) is 1. The fourth-order valence-electron chi connectivity index (χ4n) is 4.41. The molecule has 2 heterocycles. The third-order valence-corrected chi connectivity index (χ3v) is 8.72. The van der Waals surface area contributed by atoms with Crippen LogP contribution in [0.3, 0.4) is 0 Å². The number of carbonyl (C=O) groups is 2. The van der Waals surface area contributed by atoms with Crippen LogP contribution < -0.4 is 9.64 Å². The van der Waals surface area contributed by atoms with Crippen molar-refractivity contribution in [3.63, 3.8) is 0 Å². The van der Waals surface area contributed by atoms with Crippen molar-refractivity contribution in [1.29, 1.82) is 0 Å². The Morgan fingerprint density at radius 2 is 1.83 bits per heavy atom. The van der Waals surface area contributed by atoms with E-state index in [0.29, 0.717) is 33.6 Å². The molecule has 1 aliphatic heterocycles. The largest absolute Gasteiger partial charge is 0.507 e. The van der Waals surface area contributed by atoms with Gasteiger partial charge < -0.3 is 9.84 Å². The molecule has 0 spiro atoms. The zero-order chi connectivity index (χ0) is 28.9. The molecule has 4 aromatic rings. The van der Waals surface area contributed by atoms with Crippen LogP contribution in [0.5, 0.6) is 5.75 Å². The number of ether oxygens (including phenoxy) is 1. The lowest BCUT2D eigenvalue weighted by Crippen LogP contribution is -2.29. The summed E-state index contributed by atoms with van der Waals surface area (Å²) >= 11 is 2.62. The van der Waals surface area contributed by atoms with Gasteiger partial charge in [-0.25, -0.2) is 4.39 Å². The Morgan fingerprint density at radius 3 is 2.54 bits per heavy atom. The second kappa shape index (κ2) is 12.7. The van der Waals surface area contributed by atoms with Crippen molar-refractivity contribution in [1.82, 2.24) is 10.2 Å². The number of rotatable bonds is 10. The molecule has 0 radical (unpaired) electrons. The molecule has 1 N–H and O–H groups in total. The van der Waals surface area contributed by atoms with Gasteiger partial charge in [0.15, 0.2) is 4.34 Å². The number of carbonyl (C=O) groups excluding carboxylic acids is 2. The highest BCUT2D eigenvalue weighted by Gasteiger charge is 2.48. The average Bonchev–Trinajstić information content (AvgIpc) is 3.55. The van der Waals surface area contributed by atoms with E-state index in [1.54, 1.807) is 30.3 Å². The summed E-state index contributed by atoms with van der Waals surface area (Å²) in [6.45, 7) is 4.66. The van der Waals surface area contributed by atoms with E-state index in [9.17, 15) is 19.1 Å². The minimum Gasteiger partial charge on any atom is -0.507 e. The van der Waals surface area contributed by atoms with Crippen LogP contribution in [0.25, 0.3) is 5.76 Å². The number of hydrogen-bond acceptors (Lipinski definition) is 8. The number of unbranched alkanes of at least 4 members (excludes halogenated alkanes) is 1. The molecule has 1 amide bonds. The summed E-state index contributed by atoms with van der Waals surface area (Å²) < 4.78 is 20.7. The molecule has 1 saturated heterocycles. The van der Waals surface area contributed by atoms with Crippen LogP contribution in [-0.4, -0.2) is 33.6 Å². The third kappa shape index (κ3) is 6.34. The number of aromatic nitrogens is 2. The second-order valence-electron chi connectivity index (χ2n) is 9.58. The van der Waals surface area contributed by atoms with E-state index in [2.05, 4.69) is 17.1 Å². The van der Waals surface area contributed by atoms with Gasteiger partial charge in [-0.3, -0.25) is 14.5 Å². The molecule has 1 fully saturated rings. The number of nitrogens with zero attached hydrogens (tertiary/aromatic N) is 3. The van der Waals surface area contributed by atoms with E-state index < -0.39 is 23.5 Å². The third-order valence-electron chi connectivity index (χ3n) is 6.59. The average molecular weight is 590 g/mol. The van der Waals surface area contributed by atoms with Crippen molar-refractivity contribution in [3.8, 4) is 5.75 Å². The SMILES string of the molecule is CCCCOc1ccc(/C(O)=C2/C(=O)C(=O)N(c3nnc(SCc4ccc(C)cc4)s3)C2c2cccc(F)c2)cc1. The van der Waals surface area contributed by atoms with Crippen LogP contribution >= 0.6 is 23.1 Å². The van der Waals surface area contributed by atoms with E-state index in [-0.39, 0.29) is 16.5 Å². The van der Waals surface area contributed by atoms with E-state index in [1.165, 1.54) is 40.4 Å². The molecule has 210 valence electrons. The summed E-state index contributed by atoms with van der Waals surface area (Å²) in [5.41, 5.74) is 2.79. The zero-order valence-corrected chi connectivity index (χ0v) is 24.2. The van der Waals surface area contributed by atoms with E-state index in [4.69, 9.17) is 4.74 Å². The lowest BCUT2D eigenvalue weighted by molar-refractivity contribution is -0.132. The molecular formula is C31H28FN3O4S2. The van der Waals surface area contributed by atoms with E-state index in [1.807, 2.05) is 31.2 Å². The highest BCUT2D eigenvalue weighted by Crippen LogP contribution is 2.44. The van der Waals surface area contributed by atoms with Crippen LogP contribution in [0.15, 0.2) is 82.7 Å². The Kier molecular flexibility index (Phi) is 8.80. The van der Waals surface area contributed by atoms with Crippen LogP contribution in [0.1, 0.15) is 48.1 Å². The first-order valence-corrected chi connectivity index (χ1v) is 15.0. The smallest absolute Gasteiger partial charge is 0.301 e. The van der Waals surface area contributed by atoms with Crippen LogP contribution in [0.4, 0.5) is 9.52 Å². The second-order valence-corrected chi connectivity index (χ2v) is 11.8. The van der Waals surface area contributed by atoms with Gasteiger partial charge in [-0.2, -0.15) is 0 Å². The molecule has 0 saturated carbocycles. The maximum Gasteiger partial charge on any atom is 0.301 e. The number of halogens is 1. The van der Waals surface area contributed by atoms with Crippen molar-refractivity contribution in [2.45, 2.75) is 42.8 Å². The number of aliphatic hydroxyl groups is 1. The van der Waals surface area contributed by atoms with Crippen LogP contribution in [-0.2, 0) is 15.3 Å². The predicted molar refractivity (Wildman–Crippen MR) is 159 cm³/mol. The first-order valence-electron chi connectivity index (χ1n) is 13.2. The van der Waals surface area contributed by atoms with Crippen LogP contribution in [0.2, 0.25) is 0 Å². The Labute approximate surface area is 245 Å². The topological polar surface area (TPSA) is 92.6 Å². The van der Waals surface area contributed by atoms with Gasteiger partial charge in [-0.05, 0) is 60.9 Å². The van der Waals surface area contributed by atoms with Crippen molar-refractivity contribution >= 4 is 45.7 Å². The highest BCUT2D eigenvalue weighted by molar-refractivity contribution is 8.00. The van der Waals surface area contributed by atoms with Crippen molar-refractivity contribution in [3.05, 3.63) is 106 Å². The molecule has 3 aromatic carbocycles. The van der Waals surface area contributed by atoms with Gasteiger partial charge in [-0.1, -0.05) is 78.4 Å². The number of Topliss-reactive ketones (excluding diaryl/α,β-unsaturated/α-hetero) is 1. The number of anilines is 1. The maximum atomic E-state index is 14.3. The standard InChI is InChI=1S/C31H28FN3O4S2/c1-3-4-16-39-24-14-12-21(13-15-24)27(36)25-26(22-6-5-7-23(32)17-22)35(29(38)28(25)37)30-33-34-31(41-30)40-18-20-10-8-19(2)9-11-20/h5-15,17,26,36H,3-4,16,18H2,1-2H3/b27-25-. The summed E-state index contributed by atoms with van der Waals surface area (Å²) in [6, 6.07) is 19.3. The summed E-state index contributed by atoms with van der Waals surface area (Å²) in [6.07, 6.45) is 1.91. The number of aryl methyl sites for hydroxylation is 1. The fraction of sp³-hybridized carbons (Fsp3) is 0.226. The molecule has 1 unspecified atom stereocenters. The fourth-order valence-corrected chi connectivity index (χ4v) is 6.23. The molecule has 0 bridgehead atoms. The Balaban J connectivity index is 1.48. The van der Waals surface area contributed by atoms with Crippen molar-refractivity contribution in [2.24, 2.45) is 0 Å². The first kappa shape index (κ1) is 28.5. The summed E-state index contributed by atoms with van der Waals surface area (Å²) in [4.78, 5) is 28.0. The molecule has 7 nitrogen and oxygen atoms in total. The van der Waals surface area contributed by atoms with Crippen molar-refractivity contribution in [2.75, 3.05) is 11.5 Å². The molecule has 10 heteroatoms. The van der Waals surface area contributed by atoms with Crippen LogP contribution in [0, 0.1) is 12.7 Å². The normalized spacial score (nSPS) is 16.4. The molecule has 1 aromatic heterocycles. The molecule has 1 aliphatic rings. The minimum atomic E-state index is -1.09. The molecule has 5 rings (SSSR count). The number of ketones is 1. The Hall–Kier alpha value is -4.02. The van der Waals surface area contributed by atoms with E-state index in [0.717, 1.165) is 29.7 Å². The van der Waals surface area contributed by atoms with Gasteiger partial charge >= 0.3 is 5.91 Å². The monoisotopic (exact) mass is 589 g/mol. The predicted octanol–water partition coefficient (Wildman–Crippen LogP) is 7.08. The molecule has 0 aliphatic carbocycles. The summed E-state index contributed by atoms with van der Waals surface area (Å²) in [5.74, 6) is -1.37. The first-order chi connectivity index (χ1) is 19.9. The maximum absolute atomic E-state index is 14.3. The number of aliphatic hydroxyl groups excluding tert-OH is 1. The van der Waals surface area contributed by atoms with Gasteiger partial charge in [0.1, 0.15) is 17.3 Å². The molecule has 1 atom stereocenters. The molecular weight excluding hydrogens is 561 g/mol. The lowest BCUT2D eigenvalue weighted by atomic mass is 9.95. The minimum absolute atomic E-state index is 0.149. The molecule has 41 heavy (non-hydrogen) atoms. The van der Waals surface area contributed by atoms with Crippen molar-refractivity contribution < 1.29 is 23.8 Å². The van der Waals surface area contributed by atoms with Gasteiger partial charge in [0.2, 0.25) is 5.13 Å². The number of amides is 1. The van der Waals surface area contributed by atoms with Gasteiger partial charge in [0.05, 0.1) is 18.2 Å². The van der Waals surface area contributed by atoms with Gasteiger partial charge in [0, 0.05) is 11.3 Å². The summed E-state index contributed by atoms with van der Waals surface area (Å²) in [7, 11) is 0. The van der Waals surface area contributed by atoms with Gasteiger partial charge in [-0.15, -0.1) is 10.2 Å². The quantitative estimate of drug-likeness (QED) is 0.0528.